The molecular formula is C15H20ClN5O5S. The predicted octanol–water partition coefficient (Wildman–Crippen LogP) is 1.95. The average molecular weight is 418 g/mol. The number of nitro groups is 1. The molecule has 0 unspecified atom stereocenters. The highest BCUT2D eigenvalue weighted by Gasteiger charge is 2.36. The summed E-state index contributed by atoms with van der Waals surface area (Å²) in [5.74, 6) is 0.499. The van der Waals surface area contributed by atoms with E-state index in [-0.39, 0.29) is 35.4 Å². The van der Waals surface area contributed by atoms with Crippen molar-refractivity contribution in [3.05, 3.63) is 46.1 Å². The van der Waals surface area contributed by atoms with Gasteiger partial charge in [0.15, 0.2) is 5.82 Å². The highest BCUT2D eigenvalue weighted by atomic mass is 35.5. The number of hydrogen-bond donors (Lipinski definition) is 1. The molecule has 0 amide bonds. The van der Waals surface area contributed by atoms with E-state index < -0.39 is 20.5 Å². The Balaban J connectivity index is 0.00000261. The molecular weight excluding hydrogens is 398 g/mol. The van der Waals surface area contributed by atoms with E-state index in [1.165, 1.54) is 25.2 Å². The van der Waals surface area contributed by atoms with Gasteiger partial charge in [-0.2, -0.15) is 9.29 Å². The van der Waals surface area contributed by atoms with Crippen molar-refractivity contribution in [2.24, 2.45) is 5.73 Å². The van der Waals surface area contributed by atoms with Crippen LogP contribution in [0.25, 0.3) is 0 Å². The van der Waals surface area contributed by atoms with Crippen molar-refractivity contribution >= 4 is 28.1 Å². The number of nitro benzene ring substituents is 1. The van der Waals surface area contributed by atoms with Gasteiger partial charge in [0.25, 0.3) is 5.69 Å². The minimum Gasteiger partial charge on any atom is -0.338 e. The van der Waals surface area contributed by atoms with E-state index in [9.17, 15) is 18.5 Å². The first-order valence-electron chi connectivity index (χ1n) is 8.05. The lowest BCUT2D eigenvalue weighted by Gasteiger charge is -2.18. The van der Waals surface area contributed by atoms with Crippen LogP contribution in [0.5, 0.6) is 0 Å². The summed E-state index contributed by atoms with van der Waals surface area (Å²) >= 11 is 0. The van der Waals surface area contributed by atoms with E-state index >= 15 is 0 Å². The Labute approximate surface area is 162 Å². The molecule has 0 saturated heterocycles. The van der Waals surface area contributed by atoms with Gasteiger partial charge >= 0.3 is 0 Å². The molecule has 27 heavy (non-hydrogen) atoms. The Bertz CT molecular complexity index is 926. The van der Waals surface area contributed by atoms with Crippen molar-refractivity contribution in [3.63, 3.8) is 0 Å². The predicted molar refractivity (Wildman–Crippen MR) is 97.6 cm³/mol. The van der Waals surface area contributed by atoms with E-state index in [1.807, 2.05) is 0 Å². The van der Waals surface area contributed by atoms with Crippen molar-refractivity contribution < 1.29 is 17.9 Å². The fourth-order valence-electron chi connectivity index (χ4n) is 2.96. The highest BCUT2D eigenvalue weighted by Crippen LogP contribution is 2.34. The molecule has 2 N–H and O–H groups in total. The third-order valence-electron chi connectivity index (χ3n) is 4.50. The maximum Gasteiger partial charge on any atom is 0.270 e. The van der Waals surface area contributed by atoms with Gasteiger partial charge in [0, 0.05) is 19.2 Å². The maximum atomic E-state index is 12.6. The summed E-state index contributed by atoms with van der Waals surface area (Å²) in [6.07, 6.45) is 3.49. The lowest BCUT2D eigenvalue weighted by Crippen LogP contribution is -2.34. The fourth-order valence-corrected chi connectivity index (χ4v) is 4.12. The Hall–Kier alpha value is -2.08. The second-order valence-electron chi connectivity index (χ2n) is 6.39. The van der Waals surface area contributed by atoms with Crippen molar-refractivity contribution in [1.29, 1.82) is 0 Å². The number of non-ortho nitro benzene ring substituents is 1. The van der Waals surface area contributed by atoms with Gasteiger partial charge in [-0.3, -0.25) is 10.1 Å². The van der Waals surface area contributed by atoms with Crippen molar-refractivity contribution in [2.75, 3.05) is 7.05 Å². The molecule has 1 aliphatic rings. The molecule has 1 saturated carbocycles. The quantitative estimate of drug-likeness (QED) is 0.554. The van der Waals surface area contributed by atoms with Crippen molar-refractivity contribution in [2.45, 2.75) is 42.7 Å². The molecule has 3 rings (SSSR count). The van der Waals surface area contributed by atoms with Crippen LogP contribution < -0.4 is 5.73 Å². The van der Waals surface area contributed by atoms with Gasteiger partial charge in [-0.1, -0.05) is 24.1 Å². The van der Waals surface area contributed by atoms with Gasteiger partial charge in [-0.05, 0) is 18.9 Å². The summed E-state index contributed by atoms with van der Waals surface area (Å²) in [6.45, 7) is -0.159. The first kappa shape index (κ1) is 21.2. The average Bonchev–Trinajstić information content (AvgIpc) is 3.25. The van der Waals surface area contributed by atoms with Gasteiger partial charge in [0.1, 0.15) is 0 Å². The van der Waals surface area contributed by atoms with Gasteiger partial charge < -0.3 is 10.3 Å². The molecule has 0 atom stereocenters. The Morgan fingerprint density at radius 3 is 2.67 bits per heavy atom. The summed E-state index contributed by atoms with van der Waals surface area (Å²) < 4.78 is 31.4. The van der Waals surface area contributed by atoms with Crippen molar-refractivity contribution in [1.82, 2.24) is 14.4 Å². The van der Waals surface area contributed by atoms with Crippen LogP contribution in [0, 0.1) is 10.1 Å². The molecule has 1 aromatic heterocycles. The van der Waals surface area contributed by atoms with Crippen LogP contribution >= 0.6 is 12.4 Å². The second-order valence-corrected chi connectivity index (χ2v) is 8.44. The summed E-state index contributed by atoms with van der Waals surface area (Å²) in [6, 6.07) is 4.86. The van der Waals surface area contributed by atoms with Gasteiger partial charge in [0.05, 0.1) is 21.9 Å². The standard InChI is InChI=1S/C15H19N5O5S.ClH/c1-19(26(23,24)12-6-4-5-11(9-12)20(21)22)10-13-17-14(18-25-13)15(16)7-2-3-8-15;/h4-6,9H,2-3,7-8,10,16H2,1H3;1H. The van der Waals surface area contributed by atoms with E-state index in [4.69, 9.17) is 10.3 Å². The zero-order chi connectivity index (χ0) is 18.9. The molecule has 0 aliphatic heterocycles. The van der Waals surface area contributed by atoms with Crippen LogP contribution in [0.2, 0.25) is 0 Å². The smallest absolute Gasteiger partial charge is 0.270 e. The van der Waals surface area contributed by atoms with E-state index in [2.05, 4.69) is 10.1 Å². The van der Waals surface area contributed by atoms with E-state index in [0.717, 1.165) is 36.1 Å². The largest absolute Gasteiger partial charge is 0.338 e. The molecule has 12 heteroatoms. The Morgan fingerprint density at radius 2 is 2.04 bits per heavy atom. The molecule has 10 nitrogen and oxygen atoms in total. The van der Waals surface area contributed by atoms with Gasteiger partial charge in [-0.25, -0.2) is 8.42 Å². The third kappa shape index (κ3) is 4.26. The number of nitrogens with two attached hydrogens (primary N) is 1. The summed E-state index contributed by atoms with van der Waals surface area (Å²) in [5, 5.41) is 14.7. The Kier molecular flexibility index (Phi) is 6.20. The van der Waals surface area contributed by atoms with Gasteiger partial charge in [-0.15, -0.1) is 12.4 Å². The number of hydrogen-bond acceptors (Lipinski definition) is 8. The first-order valence-corrected chi connectivity index (χ1v) is 9.49. The molecule has 148 valence electrons. The number of aromatic nitrogens is 2. The third-order valence-corrected chi connectivity index (χ3v) is 6.30. The minimum absolute atomic E-state index is 0. The second kappa shape index (κ2) is 7.89. The number of halogens is 1. The fraction of sp³-hybridized carbons (Fsp3) is 0.467. The number of sulfonamides is 1. The number of nitrogens with zero attached hydrogens (tertiary/aromatic N) is 4. The number of benzene rings is 1. The molecule has 1 aliphatic carbocycles. The summed E-state index contributed by atoms with van der Waals surface area (Å²) in [4.78, 5) is 14.3. The molecule has 0 spiro atoms. The van der Waals surface area contributed by atoms with Crippen LogP contribution in [-0.2, 0) is 22.1 Å². The number of rotatable bonds is 6. The molecule has 0 bridgehead atoms. The maximum absolute atomic E-state index is 12.6. The Morgan fingerprint density at radius 1 is 1.37 bits per heavy atom. The van der Waals surface area contributed by atoms with Crippen LogP contribution in [0.15, 0.2) is 33.7 Å². The SMILES string of the molecule is CN(Cc1nc(C2(N)CCCC2)no1)S(=O)(=O)c1cccc([N+](=O)[O-])c1.Cl. The summed E-state index contributed by atoms with van der Waals surface area (Å²) in [5.41, 5.74) is 5.34. The van der Waals surface area contributed by atoms with Crippen LogP contribution in [0.4, 0.5) is 5.69 Å². The van der Waals surface area contributed by atoms with Crippen LogP contribution in [0.3, 0.4) is 0 Å². The molecule has 2 aromatic rings. The molecule has 1 aromatic carbocycles. The lowest BCUT2D eigenvalue weighted by molar-refractivity contribution is -0.385. The van der Waals surface area contributed by atoms with Crippen LogP contribution in [0.1, 0.15) is 37.4 Å². The van der Waals surface area contributed by atoms with E-state index in [1.54, 1.807) is 0 Å². The first-order chi connectivity index (χ1) is 12.2. The normalized spacial score (nSPS) is 16.3. The molecule has 0 radical (unpaired) electrons. The zero-order valence-electron chi connectivity index (χ0n) is 14.6. The van der Waals surface area contributed by atoms with Gasteiger partial charge in [0.2, 0.25) is 15.9 Å². The monoisotopic (exact) mass is 417 g/mol. The zero-order valence-corrected chi connectivity index (χ0v) is 16.2. The van der Waals surface area contributed by atoms with Crippen LogP contribution in [-0.4, -0.2) is 34.8 Å². The van der Waals surface area contributed by atoms with E-state index in [0.29, 0.717) is 5.82 Å². The lowest BCUT2D eigenvalue weighted by atomic mass is 9.99. The highest BCUT2D eigenvalue weighted by molar-refractivity contribution is 7.89. The molecule has 1 fully saturated rings. The minimum atomic E-state index is -3.95. The topological polar surface area (TPSA) is 145 Å². The van der Waals surface area contributed by atoms with Crippen molar-refractivity contribution in [3.8, 4) is 0 Å². The summed E-state index contributed by atoms with van der Waals surface area (Å²) in [7, 11) is -2.61. The molecule has 1 heterocycles.